The number of rotatable bonds is 4. The molecule has 4 aromatic rings. The molecule has 1 amide bonds. The summed E-state index contributed by atoms with van der Waals surface area (Å²) in [7, 11) is 1.94. The van der Waals surface area contributed by atoms with E-state index >= 15 is 0 Å². The molecule has 1 N–H and O–H groups in total. The summed E-state index contributed by atoms with van der Waals surface area (Å²) in [5.74, 6) is 0.0611. The summed E-state index contributed by atoms with van der Waals surface area (Å²) in [4.78, 5) is 21.3. The van der Waals surface area contributed by atoms with E-state index in [1.807, 2.05) is 48.5 Å². The van der Waals surface area contributed by atoms with Crippen LogP contribution in [-0.4, -0.2) is 52.0 Å². The SMILES string of the molecule is CN1CCC(F)C1.O=CNc1ccc(F)c(-c2cn3cc(-c4ccccc4)cnc3n2)c1. The minimum Gasteiger partial charge on any atom is -0.329 e. The number of halogens is 2. The molecular formula is C24H23F2N5O. The third kappa shape index (κ3) is 4.97. The van der Waals surface area contributed by atoms with Crippen LogP contribution in [0.25, 0.3) is 28.2 Å². The minimum atomic E-state index is -0.551. The van der Waals surface area contributed by atoms with Crippen LogP contribution >= 0.6 is 0 Å². The van der Waals surface area contributed by atoms with E-state index in [0.717, 1.165) is 24.1 Å². The highest BCUT2D eigenvalue weighted by Crippen LogP contribution is 2.26. The molecule has 1 fully saturated rings. The molecule has 8 heteroatoms. The van der Waals surface area contributed by atoms with Gasteiger partial charge < -0.3 is 10.2 Å². The zero-order valence-electron chi connectivity index (χ0n) is 17.6. The number of alkyl halides is 1. The van der Waals surface area contributed by atoms with Crippen LogP contribution in [0.4, 0.5) is 14.5 Å². The van der Waals surface area contributed by atoms with E-state index in [4.69, 9.17) is 0 Å². The van der Waals surface area contributed by atoms with Gasteiger partial charge in [-0.2, -0.15) is 0 Å². The monoisotopic (exact) mass is 435 g/mol. The molecule has 32 heavy (non-hydrogen) atoms. The molecule has 0 aliphatic carbocycles. The molecule has 1 aliphatic heterocycles. The molecule has 0 saturated carbocycles. The number of carbonyl (C=O) groups is 1. The average molecular weight is 435 g/mol. The van der Waals surface area contributed by atoms with Crippen LogP contribution in [0.5, 0.6) is 0 Å². The molecule has 1 atom stereocenters. The second-order valence-electron chi connectivity index (χ2n) is 7.65. The number of nitrogens with zero attached hydrogens (tertiary/aromatic N) is 4. The van der Waals surface area contributed by atoms with Crippen molar-refractivity contribution >= 4 is 17.9 Å². The molecule has 0 bridgehead atoms. The fourth-order valence-electron chi connectivity index (χ4n) is 3.55. The Hall–Kier alpha value is -3.65. The molecule has 2 aromatic carbocycles. The Kier molecular flexibility index (Phi) is 6.51. The molecule has 0 radical (unpaired) electrons. The summed E-state index contributed by atoms with van der Waals surface area (Å²) in [6, 6.07) is 14.2. The van der Waals surface area contributed by atoms with Gasteiger partial charge in [0.25, 0.3) is 0 Å². The number of nitrogens with one attached hydrogen (secondary N) is 1. The van der Waals surface area contributed by atoms with Crippen molar-refractivity contribution < 1.29 is 13.6 Å². The first-order chi connectivity index (χ1) is 15.5. The number of hydrogen-bond acceptors (Lipinski definition) is 4. The van der Waals surface area contributed by atoms with Crippen LogP contribution in [-0.2, 0) is 4.79 Å². The largest absolute Gasteiger partial charge is 0.329 e. The van der Waals surface area contributed by atoms with Crippen molar-refractivity contribution in [3.63, 3.8) is 0 Å². The number of aromatic nitrogens is 3. The smallest absolute Gasteiger partial charge is 0.234 e. The maximum Gasteiger partial charge on any atom is 0.234 e. The molecule has 6 nitrogen and oxygen atoms in total. The highest BCUT2D eigenvalue weighted by molar-refractivity contribution is 5.75. The molecule has 2 aromatic heterocycles. The fourth-order valence-corrected chi connectivity index (χ4v) is 3.55. The summed E-state index contributed by atoms with van der Waals surface area (Å²) < 4.78 is 28.1. The second-order valence-corrected chi connectivity index (χ2v) is 7.65. The van der Waals surface area contributed by atoms with E-state index in [1.165, 1.54) is 12.1 Å². The number of benzene rings is 2. The Morgan fingerprint density at radius 2 is 1.94 bits per heavy atom. The number of carbonyl (C=O) groups excluding carboxylic acids is 1. The van der Waals surface area contributed by atoms with Crippen LogP contribution in [0.3, 0.4) is 0 Å². The van der Waals surface area contributed by atoms with Gasteiger partial charge >= 0.3 is 0 Å². The predicted molar refractivity (Wildman–Crippen MR) is 121 cm³/mol. The van der Waals surface area contributed by atoms with E-state index in [2.05, 4.69) is 15.3 Å². The summed E-state index contributed by atoms with van der Waals surface area (Å²) in [6.45, 7) is 1.57. The average Bonchev–Trinajstić information content (AvgIpc) is 3.40. The van der Waals surface area contributed by atoms with E-state index in [9.17, 15) is 13.6 Å². The summed E-state index contributed by atoms with van der Waals surface area (Å²) in [5, 5.41) is 2.51. The van der Waals surface area contributed by atoms with Crippen LogP contribution < -0.4 is 5.32 Å². The number of likely N-dealkylation sites (tertiary alicyclic amines) is 1. The zero-order chi connectivity index (χ0) is 22.5. The Bertz CT molecular complexity index is 1200. The van der Waals surface area contributed by atoms with Gasteiger partial charge in [0.1, 0.15) is 12.0 Å². The van der Waals surface area contributed by atoms with E-state index in [1.54, 1.807) is 22.9 Å². The van der Waals surface area contributed by atoms with E-state index in [0.29, 0.717) is 35.7 Å². The van der Waals surface area contributed by atoms with Gasteiger partial charge in [0.2, 0.25) is 12.2 Å². The van der Waals surface area contributed by atoms with Crippen molar-refractivity contribution in [3.05, 3.63) is 72.9 Å². The van der Waals surface area contributed by atoms with Gasteiger partial charge in [-0.15, -0.1) is 0 Å². The highest BCUT2D eigenvalue weighted by atomic mass is 19.1. The Morgan fingerprint density at radius 1 is 1.12 bits per heavy atom. The van der Waals surface area contributed by atoms with Crippen LogP contribution in [0.15, 0.2) is 67.1 Å². The number of anilines is 1. The molecule has 0 spiro atoms. The molecule has 3 heterocycles. The van der Waals surface area contributed by atoms with Gasteiger partial charge in [-0.3, -0.25) is 9.20 Å². The first-order valence-corrected chi connectivity index (χ1v) is 10.3. The second kappa shape index (κ2) is 9.65. The maximum atomic E-state index is 14.2. The van der Waals surface area contributed by atoms with Crippen LogP contribution in [0.2, 0.25) is 0 Å². The lowest BCUT2D eigenvalue weighted by molar-refractivity contribution is -0.105. The molecule has 5 rings (SSSR count). The lowest BCUT2D eigenvalue weighted by Gasteiger charge is -2.03. The van der Waals surface area contributed by atoms with E-state index < -0.39 is 12.0 Å². The van der Waals surface area contributed by atoms with Crippen molar-refractivity contribution in [1.29, 1.82) is 0 Å². The van der Waals surface area contributed by atoms with Crippen molar-refractivity contribution in [2.75, 3.05) is 25.5 Å². The third-order valence-corrected chi connectivity index (χ3v) is 5.22. The first kappa shape index (κ1) is 21.6. The summed E-state index contributed by atoms with van der Waals surface area (Å²) >= 11 is 0. The van der Waals surface area contributed by atoms with Crippen molar-refractivity contribution in [1.82, 2.24) is 19.3 Å². The van der Waals surface area contributed by atoms with Crippen LogP contribution in [0.1, 0.15) is 6.42 Å². The van der Waals surface area contributed by atoms with Crippen LogP contribution in [0, 0.1) is 5.82 Å². The standard InChI is InChI=1S/C19H13FN4O.C5H10FN/c20-17-7-6-15(22-12-25)8-16(17)18-11-24-10-14(9-21-19(24)23-18)13-4-2-1-3-5-13;1-7-3-2-5(6)4-7/h1-12H,(H,22,25);5H,2-4H2,1H3. The normalized spacial score (nSPS) is 15.9. The van der Waals surface area contributed by atoms with Gasteiger partial charge in [0.15, 0.2) is 0 Å². The number of imidazole rings is 1. The van der Waals surface area contributed by atoms with E-state index in [-0.39, 0.29) is 0 Å². The lowest BCUT2D eigenvalue weighted by Crippen LogP contribution is -2.13. The third-order valence-electron chi connectivity index (χ3n) is 5.22. The molecular weight excluding hydrogens is 412 g/mol. The molecule has 1 saturated heterocycles. The quantitative estimate of drug-likeness (QED) is 0.482. The molecule has 164 valence electrons. The Morgan fingerprint density at radius 3 is 2.59 bits per heavy atom. The number of fused-ring (bicyclic) bond motifs is 1. The van der Waals surface area contributed by atoms with Gasteiger partial charge in [-0.05, 0) is 37.2 Å². The maximum absolute atomic E-state index is 14.2. The van der Waals surface area contributed by atoms with Crippen molar-refractivity contribution in [2.45, 2.75) is 12.6 Å². The number of amides is 1. The Balaban J connectivity index is 0.000000300. The minimum absolute atomic E-state index is 0.304. The lowest BCUT2D eigenvalue weighted by atomic mass is 10.1. The molecule has 1 aliphatic rings. The zero-order valence-corrected chi connectivity index (χ0v) is 17.6. The van der Waals surface area contributed by atoms with Gasteiger partial charge in [0.05, 0.1) is 5.69 Å². The van der Waals surface area contributed by atoms with Gasteiger partial charge in [-0.25, -0.2) is 18.7 Å². The van der Waals surface area contributed by atoms with Gasteiger partial charge in [0, 0.05) is 48.5 Å². The van der Waals surface area contributed by atoms with Crippen molar-refractivity contribution in [2.24, 2.45) is 0 Å². The summed E-state index contributed by atoms with van der Waals surface area (Å²) in [5.41, 5.74) is 3.23. The summed E-state index contributed by atoms with van der Waals surface area (Å²) in [6.07, 6.45) is 6.09. The molecule has 1 unspecified atom stereocenters. The highest BCUT2D eigenvalue weighted by Gasteiger charge is 2.17. The number of hydrogen-bond donors (Lipinski definition) is 1. The van der Waals surface area contributed by atoms with Gasteiger partial charge in [-0.1, -0.05) is 30.3 Å². The predicted octanol–water partition coefficient (Wildman–Crippen LogP) is 4.43. The van der Waals surface area contributed by atoms with Crippen molar-refractivity contribution in [3.8, 4) is 22.4 Å². The fraction of sp³-hybridized carbons (Fsp3) is 0.208. The first-order valence-electron chi connectivity index (χ1n) is 10.3. The topological polar surface area (TPSA) is 62.5 Å². The Labute approximate surface area is 184 Å².